The quantitative estimate of drug-likeness (QED) is 0.449. The lowest BCUT2D eigenvalue weighted by molar-refractivity contribution is 0.775. The van der Waals surface area contributed by atoms with Crippen LogP contribution in [0.5, 0.6) is 0 Å². The lowest BCUT2D eigenvalue weighted by atomic mass is 10.2. The first kappa shape index (κ1) is 7.55. The van der Waals surface area contributed by atoms with Gasteiger partial charge in [-0.2, -0.15) is 0 Å². The van der Waals surface area contributed by atoms with Crippen molar-refractivity contribution in [3.05, 3.63) is 24.8 Å². The van der Waals surface area contributed by atoms with Gasteiger partial charge in [0.1, 0.15) is 0 Å². The molecule has 10 heavy (non-hydrogen) atoms. The molecule has 0 aromatic heterocycles. The average Bonchev–Trinajstić information content (AvgIpc) is 2.69. The molecule has 1 aliphatic rings. The molecule has 0 saturated heterocycles. The van der Waals surface area contributed by atoms with Crippen molar-refractivity contribution in [1.29, 1.82) is 0 Å². The zero-order valence-corrected chi connectivity index (χ0v) is 6.40. The molecule has 0 heterocycles. The normalized spacial score (nSPS) is 16.8. The van der Waals surface area contributed by atoms with Crippen LogP contribution in [0.2, 0.25) is 0 Å². The van der Waals surface area contributed by atoms with Gasteiger partial charge in [-0.1, -0.05) is 18.2 Å². The highest BCUT2D eigenvalue weighted by molar-refractivity contribution is 5.09. The molecule has 0 aromatic carbocycles. The Morgan fingerprint density at radius 3 is 2.80 bits per heavy atom. The van der Waals surface area contributed by atoms with Gasteiger partial charge in [0.2, 0.25) is 0 Å². The molecule has 1 rings (SSSR count). The van der Waals surface area contributed by atoms with Crippen LogP contribution >= 0.6 is 0 Å². The van der Waals surface area contributed by atoms with Gasteiger partial charge in [0.25, 0.3) is 0 Å². The minimum atomic E-state index is 0.831. The monoisotopic (exact) mass is 137 g/mol. The SMILES string of the molecule is C=CCNCC(=C)C1CC1. The van der Waals surface area contributed by atoms with E-state index in [0.29, 0.717) is 0 Å². The van der Waals surface area contributed by atoms with Crippen molar-refractivity contribution in [3.63, 3.8) is 0 Å². The molecule has 1 nitrogen and oxygen atoms in total. The molecule has 0 aliphatic heterocycles. The van der Waals surface area contributed by atoms with Gasteiger partial charge in [-0.25, -0.2) is 0 Å². The molecule has 1 saturated carbocycles. The van der Waals surface area contributed by atoms with E-state index in [4.69, 9.17) is 0 Å². The molecule has 1 aliphatic carbocycles. The van der Waals surface area contributed by atoms with Gasteiger partial charge in [-0.3, -0.25) is 0 Å². The lowest BCUT2D eigenvalue weighted by Crippen LogP contribution is -2.16. The van der Waals surface area contributed by atoms with Crippen molar-refractivity contribution in [2.45, 2.75) is 12.8 Å². The first-order valence-electron chi connectivity index (χ1n) is 3.84. The smallest absolute Gasteiger partial charge is 0.0167 e. The molecule has 1 N–H and O–H groups in total. The summed E-state index contributed by atoms with van der Waals surface area (Å²) in [5, 5.41) is 3.24. The third-order valence-electron chi connectivity index (χ3n) is 1.80. The molecule has 0 aromatic rings. The third-order valence-corrected chi connectivity index (χ3v) is 1.80. The summed E-state index contributed by atoms with van der Waals surface area (Å²) in [6.45, 7) is 9.48. The first-order chi connectivity index (χ1) is 4.84. The summed E-state index contributed by atoms with van der Waals surface area (Å²) < 4.78 is 0. The number of nitrogens with one attached hydrogen (secondary N) is 1. The van der Waals surface area contributed by atoms with Crippen molar-refractivity contribution in [2.24, 2.45) is 5.92 Å². The van der Waals surface area contributed by atoms with Crippen LogP contribution in [0, 0.1) is 5.92 Å². The van der Waals surface area contributed by atoms with Gasteiger partial charge in [0.05, 0.1) is 0 Å². The molecule has 0 spiro atoms. The van der Waals surface area contributed by atoms with Gasteiger partial charge in [0, 0.05) is 13.1 Å². The maximum absolute atomic E-state index is 3.99. The number of hydrogen-bond acceptors (Lipinski definition) is 1. The Balaban J connectivity index is 2.00. The Labute approximate surface area is 62.8 Å². The Morgan fingerprint density at radius 1 is 1.60 bits per heavy atom. The second-order valence-corrected chi connectivity index (χ2v) is 2.85. The van der Waals surface area contributed by atoms with Gasteiger partial charge in [-0.05, 0) is 18.8 Å². The summed E-state index contributed by atoms with van der Waals surface area (Å²) in [5.74, 6) is 0.831. The van der Waals surface area contributed by atoms with Crippen LogP contribution in [0.3, 0.4) is 0 Å². The molecule has 0 bridgehead atoms. The first-order valence-corrected chi connectivity index (χ1v) is 3.84. The third kappa shape index (κ3) is 2.36. The second-order valence-electron chi connectivity index (χ2n) is 2.85. The van der Waals surface area contributed by atoms with Crippen LogP contribution in [-0.2, 0) is 0 Å². The van der Waals surface area contributed by atoms with Crippen molar-refractivity contribution < 1.29 is 0 Å². The Bertz CT molecular complexity index is 134. The van der Waals surface area contributed by atoms with Gasteiger partial charge >= 0.3 is 0 Å². The molecular formula is C9H15N. The molecular weight excluding hydrogens is 122 g/mol. The minimum absolute atomic E-state index is 0.831. The summed E-state index contributed by atoms with van der Waals surface area (Å²) in [4.78, 5) is 0. The number of rotatable bonds is 5. The second kappa shape index (κ2) is 3.57. The fourth-order valence-electron chi connectivity index (χ4n) is 0.971. The van der Waals surface area contributed by atoms with Crippen molar-refractivity contribution in [3.8, 4) is 0 Å². The molecule has 0 unspecified atom stereocenters. The van der Waals surface area contributed by atoms with E-state index in [2.05, 4.69) is 18.5 Å². The van der Waals surface area contributed by atoms with E-state index < -0.39 is 0 Å². The zero-order valence-electron chi connectivity index (χ0n) is 6.40. The highest BCUT2D eigenvalue weighted by Gasteiger charge is 2.23. The highest BCUT2D eigenvalue weighted by atomic mass is 14.8. The topological polar surface area (TPSA) is 12.0 Å². The van der Waals surface area contributed by atoms with E-state index in [0.717, 1.165) is 19.0 Å². The van der Waals surface area contributed by atoms with E-state index in [1.807, 2.05) is 6.08 Å². The summed E-state index contributed by atoms with van der Waals surface area (Å²) in [6, 6.07) is 0. The molecule has 1 heteroatoms. The minimum Gasteiger partial charge on any atom is -0.310 e. The lowest BCUT2D eigenvalue weighted by Gasteiger charge is -2.02. The van der Waals surface area contributed by atoms with Gasteiger partial charge in [-0.15, -0.1) is 6.58 Å². The average molecular weight is 137 g/mol. The van der Waals surface area contributed by atoms with Gasteiger partial charge < -0.3 is 5.32 Å². The van der Waals surface area contributed by atoms with E-state index in [1.165, 1.54) is 18.4 Å². The summed E-state index contributed by atoms with van der Waals surface area (Å²) in [7, 11) is 0. The molecule has 1 fully saturated rings. The summed E-state index contributed by atoms with van der Waals surface area (Å²) in [6.07, 6.45) is 4.59. The summed E-state index contributed by atoms with van der Waals surface area (Å²) in [5.41, 5.74) is 1.36. The molecule has 0 radical (unpaired) electrons. The van der Waals surface area contributed by atoms with Crippen molar-refractivity contribution in [1.82, 2.24) is 5.32 Å². The zero-order chi connectivity index (χ0) is 7.40. The Morgan fingerprint density at radius 2 is 2.30 bits per heavy atom. The van der Waals surface area contributed by atoms with Gasteiger partial charge in [0.15, 0.2) is 0 Å². The van der Waals surface area contributed by atoms with Crippen molar-refractivity contribution in [2.75, 3.05) is 13.1 Å². The van der Waals surface area contributed by atoms with Crippen LogP contribution in [0.1, 0.15) is 12.8 Å². The summed E-state index contributed by atoms with van der Waals surface area (Å²) >= 11 is 0. The van der Waals surface area contributed by atoms with E-state index in [1.54, 1.807) is 0 Å². The predicted molar refractivity (Wildman–Crippen MR) is 44.9 cm³/mol. The number of hydrogen-bond donors (Lipinski definition) is 1. The highest BCUT2D eigenvalue weighted by Crippen LogP contribution is 2.34. The van der Waals surface area contributed by atoms with Crippen LogP contribution < -0.4 is 5.32 Å². The molecule has 56 valence electrons. The largest absolute Gasteiger partial charge is 0.310 e. The maximum atomic E-state index is 3.99. The Kier molecular flexibility index (Phi) is 2.69. The molecule has 0 amide bonds. The van der Waals surface area contributed by atoms with Crippen LogP contribution in [-0.4, -0.2) is 13.1 Å². The predicted octanol–water partition coefficient (Wildman–Crippen LogP) is 1.73. The fourth-order valence-corrected chi connectivity index (χ4v) is 0.971. The fraction of sp³-hybridized carbons (Fsp3) is 0.556. The van der Waals surface area contributed by atoms with Crippen molar-refractivity contribution >= 4 is 0 Å². The van der Waals surface area contributed by atoms with E-state index in [9.17, 15) is 0 Å². The van der Waals surface area contributed by atoms with Crippen LogP contribution in [0.25, 0.3) is 0 Å². The maximum Gasteiger partial charge on any atom is 0.0167 e. The Hall–Kier alpha value is -0.560. The molecule has 0 atom stereocenters. The van der Waals surface area contributed by atoms with Crippen LogP contribution in [0.4, 0.5) is 0 Å². The van der Waals surface area contributed by atoms with E-state index >= 15 is 0 Å². The van der Waals surface area contributed by atoms with Crippen LogP contribution in [0.15, 0.2) is 24.8 Å². The standard InChI is InChI=1S/C9H15N/c1-3-6-10-7-8(2)9-4-5-9/h3,9-10H,1-2,4-7H2. The van der Waals surface area contributed by atoms with E-state index in [-0.39, 0.29) is 0 Å².